The zero-order valence-electron chi connectivity index (χ0n) is 39.3. The number of nitrogens with one attached hydrogen (secondary N) is 3. The smallest absolute Gasteiger partial charge is 0.324 e. The van der Waals surface area contributed by atoms with Crippen LogP contribution in [0.3, 0.4) is 0 Å². The van der Waals surface area contributed by atoms with Crippen molar-refractivity contribution in [1.82, 2.24) is 44.4 Å². The van der Waals surface area contributed by atoms with E-state index >= 15 is 4.39 Å². The largest absolute Gasteiger partial charge is 0.391 e. The average molecular weight is 931 g/mol. The summed E-state index contributed by atoms with van der Waals surface area (Å²) in [4.78, 5) is 70.7. The average Bonchev–Trinajstić information content (AvgIpc) is 3.93. The van der Waals surface area contributed by atoms with Crippen LogP contribution in [-0.2, 0) is 29.2 Å². The lowest BCUT2D eigenvalue weighted by molar-refractivity contribution is -0.121. The van der Waals surface area contributed by atoms with Crippen LogP contribution in [0, 0.1) is 24.6 Å². The van der Waals surface area contributed by atoms with Gasteiger partial charge in [-0.3, -0.25) is 19.8 Å². The normalized spacial score (nSPS) is 20.2. The van der Waals surface area contributed by atoms with Gasteiger partial charge < -0.3 is 39.4 Å². The summed E-state index contributed by atoms with van der Waals surface area (Å²) in [6.07, 6.45) is 8.13. The first-order chi connectivity index (χ1) is 32.8. The first-order valence-electron chi connectivity index (χ1n) is 24.2. The van der Waals surface area contributed by atoms with Gasteiger partial charge in [-0.25, -0.2) is 23.9 Å². The number of urea groups is 2. The van der Waals surface area contributed by atoms with Gasteiger partial charge in [-0.05, 0) is 85.9 Å². The van der Waals surface area contributed by atoms with Crippen molar-refractivity contribution in [3.63, 3.8) is 0 Å². The van der Waals surface area contributed by atoms with Gasteiger partial charge in [0, 0.05) is 112 Å². The molecule has 68 heavy (non-hydrogen) atoms. The molecule has 0 aliphatic carbocycles. The van der Waals surface area contributed by atoms with E-state index in [4.69, 9.17) is 4.74 Å². The molecule has 0 radical (unpaired) electrons. The lowest BCUT2D eigenvalue weighted by Gasteiger charge is -2.37. The van der Waals surface area contributed by atoms with E-state index in [-0.39, 0.29) is 55.1 Å². The van der Waals surface area contributed by atoms with Gasteiger partial charge in [0.25, 0.3) is 5.56 Å². The zero-order chi connectivity index (χ0) is 47.5. The van der Waals surface area contributed by atoms with Crippen LogP contribution in [0.25, 0.3) is 33.5 Å². The maximum Gasteiger partial charge on any atom is 0.324 e. The van der Waals surface area contributed by atoms with Crippen LogP contribution in [0.4, 0.5) is 19.7 Å². The van der Waals surface area contributed by atoms with Gasteiger partial charge in [0.1, 0.15) is 17.8 Å². The van der Waals surface area contributed by atoms with Crippen molar-refractivity contribution in [1.29, 1.82) is 0 Å². The predicted molar refractivity (Wildman–Crippen MR) is 257 cm³/mol. The van der Waals surface area contributed by atoms with E-state index in [0.29, 0.717) is 59.3 Å². The van der Waals surface area contributed by atoms with E-state index in [1.807, 2.05) is 19.1 Å². The van der Waals surface area contributed by atoms with Crippen molar-refractivity contribution in [3.8, 4) is 22.5 Å². The van der Waals surface area contributed by atoms with Gasteiger partial charge in [-0.2, -0.15) is 0 Å². The number of H-pyrrole nitrogens is 1. The first-order valence-corrected chi connectivity index (χ1v) is 24.2. The van der Waals surface area contributed by atoms with Crippen molar-refractivity contribution in [2.75, 3.05) is 57.7 Å². The standard InChI is InChI=1S/C51H63FN10O6/c1-32(2)23-37-29-62(30-45(37)63)50(66)56-43-25-38(52)24-41(33(43)3)47-42-26-44(55-48(42)54-31-53-47)35-8-6-34(7-9-35)27-59-18-12-40(13-19-59)68-39-10-16-58(17-11-39)21-22-60-15-4-5-36(49(60)65)28-61-20-14-46(64)57-51(61)67/h4-9,15,24-26,31-32,37,39-40,45,63H,10-14,16-23,27-30H2,1-3H3,(H,56,66)(H,53,54,55)(H,57,64,67). The van der Waals surface area contributed by atoms with Crippen molar-refractivity contribution in [3.05, 3.63) is 100.0 Å². The molecule has 9 rings (SSSR count). The van der Waals surface area contributed by atoms with E-state index in [1.54, 1.807) is 21.7 Å². The lowest BCUT2D eigenvalue weighted by Crippen LogP contribution is -2.49. The molecular weight excluding hydrogens is 868 g/mol. The summed E-state index contributed by atoms with van der Waals surface area (Å²) in [5, 5.41) is 16.5. The summed E-state index contributed by atoms with van der Waals surface area (Å²) in [7, 11) is 0. The van der Waals surface area contributed by atoms with Gasteiger partial charge >= 0.3 is 12.1 Å². The number of benzene rings is 2. The Balaban J connectivity index is 0.737. The van der Waals surface area contributed by atoms with E-state index < -0.39 is 18.0 Å². The van der Waals surface area contributed by atoms with Crippen LogP contribution in [0.5, 0.6) is 0 Å². The maximum atomic E-state index is 15.2. The molecule has 4 aliphatic rings. The highest BCUT2D eigenvalue weighted by atomic mass is 19.1. The first kappa shape index (κ1) is 47.1. The molecule has 2 atom stereocenters. The van der Waals surface area contributed by atoms with E-state index in [1.165, 1.54) is 28.9 Å². The Labute approximate surface area is 395 Å². The molecule has 3 aromatic heterocycles. The molecule has 5 amide bonds. The highest BCUT2D eigenvalue weighted by Gasteiger charge is 2.35. The number of aliphatic hydroxyl groups is 1. The fraction of sp³-hybridized carbons (Fsp3) is 0.490. The minimum absolute atomic E-state index is 0.0123. The number of aliphatic hydroxyl groups excluding tert-OH is 1. The third kappa shape index (κ3) is 11.0. The number of β-amino-alcohol motifs (C(OH)–C–C–N with tert-alkyl or cyclic N) is 1. The number of carbonyl (C=O) groups excluding carboxylic acids is 3. The Morgan fingerprint density at radius 2 is 1.65 bits per heavy atom. The monoisotopic (exact) mass is 930 g/mol. The third-order valence-electron chi connectivity index (χ3n) is 14.1. The van der Waals surface area contributed by atoms with E-state index in [2.05, 4.69) is 73.5 Å². The number of amides is 5. The van der Waals surface area contributed by atoms with Crippen molar-refractivity contribution in [2.24, 2.45) is 11.8 Å². The molecule has 4 N–H and O–H groups in total. The lowest BCUT2D eigenvalue weighted by atomic mass is 9.95. The second-order valence-electron chi connectivity index (χ2n) is 19.5. The van der Waals surface area contributed by atoms with Crippen molar-refractivity contribution >= 4 is 34.7 Å². The highest BCUT2D eigenvalue weighted by Crippen LogP contribution is 2.35. The molecule has 16 nitrogen and oxygen atoms in total. The zero-order valence-corrected chi connectivity index (χ0v) is 39.3. The van der Waals surface area contributed by atoms with Crippen LogP contribution in [-0.4, -0.2) is 133 Å². The van der Waals surface area contributed by atoms with Crippen molar-refractivity contribution in [2.45, 2.75) is 97.2 Å². The molecule has 5 aromatic rings. The van der Waals surface area contributed by atoms with Crippen molar-refractivity contribution < 1.29 is 28.6 Å². The number of aromatic amines is 1. The fourth-order valence-electron chi connectivity index (χ4n) is 10.3. The summed E-state index contributed by atoms with van der Waals surface area (Å²) >= 11 is 0. The van der Waals surface area contributed by atoms with Gasteiger partial charge in [0.2, 0.25) is 5.91 Å². The minimum Gasteiger partial charge on any atom is -0.391 e. The summed E-state index contributed by atoms with van der Waals surface area (Å²) in [5.74, 6) is -0.367. The molecule has 0 saturated carbocycles. The molecule has 2 unspecified atom stereocenters. The van der Waals surface area contributed by atoms with Crippen LogP contribution in [0.15, 0.2) is 71.9 Å². The topological polar surface area (TPSA) is 181 Å². The van der Waals surface area contributed by atoms with Gasteiger partial charge in [0.15, 0.2) is 0 Å². The number of halogens is 1. The number of carbonyl (C=O) groups is 3. The highest BCUT2D eigenvalue weighted by molar-refractivity contribution is 5.98. The number of rotatable bonds is 14. The van der Waals surface area contributed by atoms with Crippen LogP contribution in [0.1, 0.15) is 69.1 Å². The van der Waals surface area contributed by atoms with Crippen LogP contribution < -0.4 is 16.2 Å². The summed E-state index contributed by atoms with van der Waals surface area (Å²) in [6, 6.07) is 16.1. The number of imide groups is 1. The Morgan fingerprint density at radius 3 is 2.37 bits per heavy atom. The summed E-state index contributed by atoms with van der Waals surface area (Å²) in [6.45, 7) is 13.2. The summed E-state index contributed by atoms with van der Waals surface area (Å²) < 4.78 is 23.6. The SMILES string of the molecule is Cc1c(NC(=O)N2CC(O)C(CC(C)C)C2)cc(F)cc1-c1ncnc2[nH]c(-c3ccc(CN4CCC(OC5CCN(CCn6cccc(CN7CCC(=O)NC7=O)c6=O)CC5)CC4)cc3)cc12. The molecule has 360 valence electrons. The number of pyridine rings is 1. The van der Waals surface area contributed by atoms with E-state index in [9.17, 15) is 24.3 Å². The molecule has 17 heteroatoms. The summed E-state index contributed by atoms with van der Waals surface area (Å²) in [5.41, 5.74) is 6.30. The number of hydrogen-bond acceptors (Lipinski definition) is 10. The number of fused-ring (bicyclic) bond motifs is 1. The van der Waals surface area contributed by atoms with Gasteiger partial charge in [0.05, 0.1) is 30.6 Å². The molecule has 2 aromatic carbocycles. The Kier molecular flexibility index (Phi) is 14.3. The molecule has 4 fully saturated rings. The quantitative estimate of drug-likeness (QED) is 0.0979. The molecule has 0 bridgehead atoms. The fourth-order valence-corrected chi connectivity index (χ4v) is 10.3. The Bertz CT molecular complexity index is 2670. The molecule has 4 aliphatic heterocycles. The number of piperidine rings is 2. The third-order valence-corrected chi connectivity index (χ3v) is 14.1. The predicted octanol–water partition coefficient (Wildman–Crippen LogP) is 6.36. The second kappa shape index (κ2) is 20.7. The Morgan fingerprint density at radius 1 is 0.912 bits per heavy atom. The van der Waals surface area contributed by atoms with Crippen LogP contribution in [0.2, 0.25) is 0 Å². The van der Waals surface area contributed by atoms with Gasteiger partial charge in [-0.15, -0.1) is 0 Å². The van der Waals surface area contributed by atoms with Gasteiger partial charge in [-0.1, -0.05) is 44.2 Å². The minimum atomic E-state index is -0.583. The van der Waals surface area contributed by atoms with Crippen LogP contribution >= 0.6 is 0 Å². The molecule has 4 saturated heterocycles. The molecule has 0 spiro atoms. The Hall–Kier alpha value is -6.01. The number of likely N-dealkylation sites (tertiary alicyclic amines) is 3. The number of nitrogens with zero attached hydrogens (tertiary/aromatic N) is 7. The van der Waals surface area contributed by atoms with E-state index in [0.717, 1.165) is 88.0 Å². The molecular formula is C51H63FN10O6. The number of ether oxygens (including phenoxy) is 1. The second-order valence-corrected chi connectivity index (χ2v) is 19.5. The number of aromatic nitrogens is 4. The molecule has 7 heterocycles. The maximum absolute atomic E-state index is 15.2. The number of anilines is 1. The number of hydrogen-bond donors (Lipinski definition) is 4.